The molecule has 49 heteroatoms. The van der Waals surface area contributed by atoms with Gasteiger partial charge in [-0.15, -0.1) is 0 Å². The summed E-state index contributed by atoms with van der Waals surface area (Å²) in [6.07, 6.45) is -6.95. The Balaban J connectivity index is 4.35. The van der Waals surface area contributed by atoms with Crippen LogP contribution in [0.3, 0.4) is 0 Å². The molecule has 0 aromatic rings. The van der Waals surface area contributed by atoms with E-state index in [4.69, 9.17) is 0 Å². The van der Waals surface area contributed by atoms with Crippen LogP contribution in [-0.4, -0.2) is 281 Å². The maximum Gasteiger partial charge on any atom is 0.278 e. The minimum Gasteiger partial charge on any atom is -0.391 e. The van der Waals surface area contributed by atoms with Crippen LogP contribution in [0.25, 0.3) is 0 Å². The van der Waals surface area contributed by atoms with Crippen LogP contribution in [0, 0.1) is 17.8 Å². The highest BCUT2D eigenvalue weighted by Gasteiger charge is 2.38. The topological polar surface area (TPSA) is 693 Å². The van der Waals surface area contributed by atoms with Crippen molar-refractivity contribution >= 4 is 116 Å². The van der Waals surface area contributed by atoms with Crippen LogP contribution in [0.5, 0.6) is 0 Å². The second-order valence-corrected chi connectivity index (χ2v) is 33.5. The molecule has 0 unspecified atom stereocenters. The number of amides is 11. The number of aliphatic hydroxyl groups is 2. The molecule has 0 bridgehead atoms. The largest absolute Gasteiger partial charge is 0.391 e. The Hall–Kier alpha value is -6.56. The van der Waals surface area contributed by atoms with Gasteiger partial charge in [-0.1, -0.05) is 48.0 Å². The van der Waals surface area contributed by atoms with Crippen LogP contribution < -0.4 is 85.1 Å². The van der Waals surface area contributed by atoms with Crippen molar-refractivity contribution in [3.8, 4) is 0 Å². The van der Waals surface area contributed by atoms with E-state index in [1.165, 1.54) is 0 Å². The van der Waals surface area contributed by atoms with Crippen molar-refractivity contribution in [2.24, 2.45) is 17.8 Å². The smallest absolute Gasteiger partial charge is 0.278 e. The maximum absolute atomic E-state index is 14.9. The molecule has 1 rings (SSSR count). The lowest BCUT2D eigenvalue weighted by Gasteiger charge is -2.29. The Morgan fingerprint density at radius 3 is 1.13 bits per heavy atom. The standard InChI is InChI=1S/C56H106N16O28S5/c1-31(2)10-9-11-44(75)63-36(12-18-57-26-101(86,87)88)51(80)72-46(35(8)74)56(85)68-39(15-21-60-29-104(95,96)97)48(77)66-41-17-23-62-55(84)45(34(7)73)71-52(81)40(16-22-61-30-105(98,99)100)65-47(76)37(13-19-58-27-102(89,90)91)67-53(82)42(24-32(3)4)70-54(83)43(25-33(5)6)69-50(79)38(64-49(41)78)14-20-59-28-103(92,93)94/h31-43,45-46,57-61,73-74H,9-30H2,1-8H3,(H,62,84)(H,63,75)(H,64,78)(H,65,76)(H,66,77)(H,67,82)(H,68,85)(H,69,79)(H,70,83)(H,71,81)(H,72,80)(H,86,87,88)(H,89,90,91)(H,92,93,94)(H,95,96,97)(H,98,99,100)/t34-,35-,36+,37+,38+,39+,40+,41+,42+,43+,45+,46+/m1/s1. The second-order valence-electron chi connectivity index (χ2n) is 26.2. The Bertz CT molecular complexity index is 3480. The highest BCUT2D eigenvalue weighted by molar-refractivity contribution is 7.86. The lowest BCUT2D eigenvalue weighted by molar-refractivity contribution is -0.137. The van der Waals surface area contributed by atoms with Crippen LogP contribution in [-0.2, 0) is 103 Å². The van der Waals surface area contributed by atoms with Gasteiger partial charge in [0.05, 0.1) is 12.2 Å². The Morgan fingerprint density at radius 1 is 0.419 bits per heavy atom. The summed E-state index contributed by atoms with van der Waals surface area (Å²) in [5.41, 5.74) is 0. The predicted molar refractivity (Wildman–Crippen MR) is 373 cm³/mol. The molecule has 12 atom stereocenters. The molecule has 105 heavy (non-hydrogen) atoms. The number of hydrogen-bond donors (Lipinski definition) is 23. The van der Waals surface area contributed by atoms with E-state index in [1.54, 1.807) is 27.7 Å². The summed E-state index contributed by atoms with van der Waals surface area (Å²) in [4.78, 5) is 157. The van der Waals surface area contributed by atoms with Crippen molar-refractivity contribution < 1.29 is 128 Å². The van der Waals surface area contributed by atoms with Crippen molar-refractivity contribution in [2.75, 3.05) is 68.7 Å². The molecule has 0 spiro atoms. The fourth-order valence-corrected chi connectivity index (χ4v) is 11.9. The zero-order valence-electron chi connectivity index (χ0n) is 59.5. The van der Waals surface area contributed by atoms with Gasteiger partial charge in [-0.3, -0.25) is 75.5 Å². The van der Waals surface area contributed by atoms with Gasteiger partial charge in [0.25, 0.3) is 50.6 Å². The molecule has 0 aromatic carbocycles. The molecular formula is C56H106N16O28S5. The third-order valence-corrected chi connectivity index (χ3v) is 17.9. The summed E-state index contributed by atoms with van der Waals surface area (Å²) < 4.78 is 163. The van der Waals surface area contributed by atoms with Gasteiger partial charge in [-0.05, 0) is 122 Å². The van der Waals surface area contributed by atoms with Crippen molar-refractivity contribution in [2.45, 2.75) is 199 Å². The van der Waals surface area contributed by atoms with Crippen molar-refractivity contribution in [1.82, 2.24) is 85.1 Å². The third kappa shape index (κ3) is 44.4. The first-order chi connectivity index (χ1) is 48.4. The first kappa shape index (κ1) is 96.5. The zero-order valence-corrected chi connectivity index (χ0v) is 63.5. The summed E-state index contributed by atoms with van der Waals surface area (Å²) in [6.45, 7) is 9.01. The first-order valence-corrected chi connectivity index (χ1v) is 41.4. The van der Waals surface area contributed by atoms with E-state index in [9.17, 15) is 128 Å². The summed E-state index contributed by atoms with van der Waals surface area (Å²) in [5, 5.41) is 59.6. The Kier molecular flexibility index (Phi) is 42.8. The second kappa shape index (κ2) is 46.6. The van der Waals surface area contributed by atoms with Gasteiger partial charge >= 0.3 is 0 Å². The number of carbonyl (C=O) groups excluding carboxylic acids is 11. The van der Waals surface area contributed by atoms with E-state index in [2.05, 4.69) is 85.1 Å². The number of carbonyl (C=O) groups is 11. The summed E-state index contributed by atoms with van der Waals surface area (Å²) >= 11 is 0. The Labute approximate surface area is 610 Å². The molecule has 608 valence electrons. The molecule has 44 nitrogen and oxygen atoms in total. The van der Waals surface area contributed by atoms with Crippen LogP contribution >= 0.6 is 0 Å². The number of rotatable bonds is 42. The average molecular weight is 1610 g/mol. The van der Waals surface area contributed by atoms with Gasteiger partial charge in [0, 0.05) is 13.0 Å². The van der Waals surface area contributed by atoms with E-state index < -0.39 is 294 Å². The molecule has 1 fully saturated rings. The fourth-order valence-electron chi connectivity index (χ4n) is 9.86. The van der Waals surface area contributed by atoms with Crippen molar-refractivity contribution in [3.05, 3.63) is 0 Å². The monoisotopic (exact) mass is 1610 g/mol. The summed E-state index contributed by atoms with van der Waals surface area (Å²) in [6, 6.07) is -18.5. The van der Waals surface area contributed by atoms with Gasteiger partial charge in [0.1, 0.15) is 89.8 Å². The first-order valence-electron chi connectivity index (χ1n) is 33.3. The van der Waals surface area contributed by atoms with Crippen molar-refractivity contribution in [3.63, 3.8) is 0 Å². The summed E-state index contributed by atoms with van der Waals surface area (Å²) in [7, 11) is -23.5. The fraction of sp³-hybridized carbons (Fsp3) is 0.804. The molecule has 0 radical (unpaired) electrons. The highest BCUT2D eigenvalue weighted by Crippen LogP contribution is 2.13. The molecular weight excluding hydrogens is 1510 g/mol. The third-order valence-electron chi connectivity index (χ3n) is 15.0. The predicted octanol–water partition coefficient (Wildman–Crippen LogP) is -8.84. The highest BCUT2D eigenvalue weighted by atomic mass is 32.2. The molecule has 0 aliphatic carbocycles. The van der Waals surface area contributed by atoms with Gasteiger partial charge in [-0.25, -0.2) is 0 Å². The minimum absolute atomic E-state index is 0.0969. The van der Waals surface area contributed by atoms with Crippen LogP contribution in [0.15, 0.2) is 0 Å². The van der Waals surface area contributed by atoms with E-state index in [-0.39, 0.29) is 38.1 Å². The molecule has 23 N–H and O–H groups in total. The quantitative estimate of drug-likeness (QED) is 0.0199. The molecule has 0 aromatic heterocycles. The normalized spacial score (nSPS) is 21.4. The van der Waals surface area contributed by atoms with Crippen LogP contribution in [0.4, 0.5) is 0 Å². The zero-order chi connectivity index (χ0) is 80.4. The van der Waals surface area contributed by atoms with Gasteiger partial charge in [-0.2, -0.15) is 42.1 Å². The maximum atomic E-state index is 14.9. The van der Waals surface area contributed by atoms with Crippen LogP contribution in [0.1, 0.15) is 126 Å². The minimum atomic E-state index is -4.77. The van der Waals surface area contributed by atoms with E-state index in [1.807, 2.05) is 13.8 Å². The molecule has 11 amide bonds. The van der Waals surface area contributed by atoms with Gasteiger partial charge < -0.3 is 95.3 Å². The van der Waals surface area contributed by atoms with Gasteiger partial charge in [0.15, 0.2) is 0 Å². The number of hydrogen-bond acceptors (Lipinski definition) is 28. The molecule has 1 saturated heterocycles. The number of aliphatic hydroxyl groups excluding tert-OH is 2. The SMILES string of the molecule is CC(C)CCCC(=O)N[C@@H](CCNCS(=O)(=O)O)C(=O)N[C@H](C(=O)N[C@@H](CCNCS(=O)(=O)O)C(=O)N[C@H]1CCNC(=O)[C@H]([C@@H](C)O)NC(=O)[C@H](CCNCS(=O)(=O)O)NC(=O)[C@H](CCNCS(=O)(=O)O)NC(=O)[C@H](CC(C)C)NC(=O)[C@H](CC(C)C)NC(=O)[C@H](CCNCS(=O)(=O)O)NC1=O)[C@@H](C)O. The summed E-state index contributed by atoms with van der Waals surface area (Å²) in [5.74, 6) is -19.3. The van der Waals surface area contributed by atoms with E-state index in [0.717, 1.165) is 13.8 Å². The lowest BCUT2D eigenvalue weighted by atomic mass is 9.99. The lowest BCUT2D eigenvalue weighted by Crippen LogP contribution is -2.62. The molecule has 1 aliphatic rings. The molecule has 0 saturated carbocycles. The van der Waals surface area contributed by atoms with Crippen LogP contribution in [0.2, 0.25) is 0 Å². The van der Waals surface area contributed by atoms with Gasteiger partial charge in [0.2, 0.25) is 65.0 Å². The van der Waals surface area contributed by atoms with E-state index in [0.29, 0.717) is 12.8 Å². The average Bonchev–Trinajstić information content (AvgIpc) is 1.20. The Morgan fingerprint density at radius 2 is 0.771 bits per heavy atom. The van der Waals surface area contributed by atoms with E-state index >= 15 is 0 Å². The molecule has 1 heterocycles. The molecule has 1 aliphatic heterocycles. The van der Waals surface area contributed by atoms with Crippen molar-refractivity contribution in [1.29, 1.82) is 0 Å². The number of nitrogens with one attached hydrogen (secondary N) is 16.